The summed E-state index contributed by atoms with van der Waals surface area (Å²) >= 11 is 0. The molecule has 4 nitrogen and oxygen atoms in total. The molecule has 0 aliphatic carbocycles. The van der Waals surface area contributed by atoms with Gasteiger partial charge in [-0.25, -0.2) is 4.98 Å². The fraction of sp³-hybridized carbons (Fsp3) is 0.0769. The van der Waals surface area contributed by atoms with Crippen molar-refractivity contribution in [1.29, 1.82) is 0 Å². The number of aromatic hydroxyl groups is 1. The molecule has 0 saturated heterocycles. The Bertz CT molecular complexity index is 2110. The van der Waals surface area contributed by atoms with Gasteiger partial charge in [0.1, 0.15) is 11.6 Å². The third kappa shape index (κ3) is 5.01. The van der Waals surface area contributed by atoms with Crippen molar-refractivity contribution >= 4 is 24.3 Å². The second-order valence-electron chi connectivity index (χ2n) is 12.1. The topological polar surface area (TPSA) is 50.9 Å². The highest BCUT2D eigenvalue weighted by molar-refractivity contribution is 6.89. The van der Waals surface area contributed by atoms with Crippen molar-refractivity contribution in [3.8, 4) is 56.3 Å². The van der Waals surface area contributed by atoms with Crippen LogP contribution in [-0.4, -0.2) is 27.7 Å². The van der Waals surface area contributed by atoms with E-state index in [0.29, 0.717) is 11.4 Å². The van der Waals surface area contributed by atoms with Crippen LogP contribution >= 0.6 is 0 Å². The first kappa shape index (κ1) is 27.6. The van der Waals surface area contributed by atoms with Crippen molar-refractivity contribution in [2.24, 2.45) is 0 Å². The molecule has 5 aromatic carbocycles. The van der Waals surface area contributed by atoms with Gasteiger partial charge in [0.25, 0.3) is 0 Å². The van der Waals surface area contributed by atoms with Crippen LogP contribution in [0.15, 0.2) is 140 Å². The average Bonchev–Trinajstić information content (AvgIpc) is 3.45. The first-order valence-corrected chi connectivity index (χ1v) is 18.4. The summed E-state index contributed by atoms with van der Waals surface area (Å²) in [6.07, 6.45) is 2.09. The van der Waals surface area contributed by atoms with E-state index in [1.165, 1.54) is 16.3 Å². The van der Waals surface area contributed by atoms with Crippen LogP contribution in [0, 0.1) is 0 Å². The lowest BCUT2D eigenvalue weighted by molar-refractivity contribution is 0.477. The first-order chi connectivity index (χ1) is 21.4. The van der Waals surface area contributed by atoms with Gasteiger partial charge in [0.05, 0.1) is 30.4 Å². The van der Waals surface area contributed by atoms with Gasteiger partial charge < -0.3 is 5.11 Å². The van der Waals surface area contributed by atoms with E-state index in [-0.39, 0.29) is 5.75 Å². The summed E-state index contributed by atoms with van der Waals surface area (Å²) < 4.78 is 2.13. The summed E-state index contributed by atoms with van der Waals surface area (Å²) in [4.78, 5) is 10.2. The third-order valence-corrected chi connectivity index (χ3v) is 10.1. The van der Waals surface area contributed by atoms with Crippen molar-refractivity contribution in [2.75, 3.05) is 0 Å². The highest BCUT2D eigenvalue weighted by atomic mass is 28.3. The number of hydrogen-bond donors (Lipinski definition) is 1. The second kappa shape index (κ2) is 11.1. The maximum atomic E-state index is 10.8. The van der Waals surface area contributed by atoms with Crippen LogP contribution in [0.3, 0.4) is 0 Å². The number of phenolic OH excluding ortho intramolecular Hbond substituents is 1. The quantitative estimate of drug-likeness (QED) is 0.197. The maximum Gasteiger partial charge on any atom is 0.149 e. The Morgan fingerprint density at radius 2 is 1.23 bits per heavy atom. The number of pyridine rings is 1. The zero-order chi connectivity index (χ0) is 30.3. The Hall–Kier alpha value is -5.26. The van der Waals surface area contributed by atoms with Gasteiger partial charge in [-0.3, -0.25) is 9.55 Å². The van der Waals surface area contributed by atoms with Gasteiger partial charge in [-0.2, -0.15) is 0 Å². The molecule has 0 unspecified atom stereocenters. The largest absolute Gasteiger partial charge is 0.507 e. The van der Waals surface area contributed by atoms with Gasteiger partial charge in [-0.15, -0.1) is 0 Å². The second-order valence-corrected chi connectivity index (χ2v) is 17.1. The van der Waals surface area contributed by atoms with Gasteiger partial charge in [0.2, 0.25) is 0 Å². The SMILES string of the molecule is C[Si](C)(C)c1cnc(-c2cccc(-c3cccc4c3nc(-c3ccccc3O)n4-c3ccccc3)c2)cc1-c1ccccc1. The monoisotopic (exact) mass is 587 g/mol. The van der Waals surface area contributed by atoms with E-state index in [1.807, 2.05) is 36.4 Å². The summed E-state index contributed by atoms with van der Waals surface area (Å²) in [5.41, 5.74) is 10.1. The van der Waals surface area contributed by atoms with E-state index in [4.69, 9.17) is 9.97 Å². The van der Waals surface area contributed by atoms with Gasteiger partial charge in [-0.1, -0.05) is 111 Å². The van der Waals surface area contributed by atoms with E-state index in [9.17, 15) is 5.11 Å². The molecule has 0 atom stereocenters. The van der Waals surface area contributed by atoms with Crippen molar-refractivity contribution < 1.29 is 5.11 Å². The lowest BCUT2D eigenvalue weighted by Crippen LogP contribution is -2.39. The predicted octanol–water partition coefficient (Wildman–Crippen LogP) is 9.34. The minimum atomic E-state index is -1.63. The first-order valence-electron chi connectivity index (χ1n) is 14.9. The van der Waals surface area contributed by atoms with Crippen LogP contribution in [0.2, 0.25) is 19.6 Å². The molecular weight excluding hydrogens is 555 g/mol. The van der Waals surface area contributed by atoms with Gasteiger partial charge >= 0.3 is 0 Å². The highest BCUT2D eigenvalue weighted by Gasteiger charge is 2.23. The normalized spacial score (nSPS) is 11.6. The fourth-order valence-corrected chi connectivity index (χ4v) is 7.40. The van der Waals surface area contributed by atoms with Crippen LogP contribution in [0.25, 0.3) is 61.6 Å². The highest BCUT2D eigenvalue weighted by Crippen LogP contribution is 2.38. The lowest BCUT2D eigenvalue weighted by Gasteiger charge is -2.21. The molecular formula is C39H33N3OSi. The number of nitrogens with zero attached hydrogens (tertiary/aromatic N) is 3. The Morgan fingerprint density at radius 1 is 0.591 bits per heavy atom. The van der Waals surface area contributed by atoms with Crippen LogP contribution in [0.4, 0.5) is 0 Å². The number of aromatic nitrogens is 3. The number of hydrogen-bond acceptors (Lipinski definition) is 3. The summed E-state index contributed by atoms with van der Waals surface area (Å²) in [5, 5.41) is 12.2. The number of imidazole rings is 1. The molecule has 0 aliphatic rings. The number of rotatable bonds is 6. The maximum absolute atomic E-state index is 10.8. The predicted molar refractivity (Wildman–Crippen MR) is 185 cm³/mol. The number of benzene rings is 5. The Labute approximate surface area is 259 Å². The molecule has 5 heteroatoms. The summed E-state index contributed by atoms with van der Waals surface area (Å²) in [5.74, 6) is 0.898. The fourth-order valence-electron chi connectivity index (χ4n) is 5.93. The molecule has 44 heavy (non-hydrogen) atoms. The number of phenols is 1. The summed E-state index contributed by atoms with van der Waals surface area (Å²) in [6, 6.07) is 45.3. The van der Waals surface area contributed by atoms with E-state index < -0.39 is 8.07 Å². The number of fused-ring (bicyclic) bond motifs is 1. The van der Waals surface area contributed by atoms with Crippen LogP contribution in [0.1, 0.15) is 0 Å². The molecule has 7 rings (SSSR count). The Kier molecular flexibility index (Phi) is 6.95. The molecule has 0 fully saturated rings. The zero-order valence-corrected chi connectivity index (χ0v) is 26.1. The standard InChI is InChI=1S/C39H33N3OSi/c1-44(2,3)37-26-40-34(25-33(37)27-14-6-4-7-15-27)29-17-12-16-28(24-29)31-21-13-22-35-38(31)41-39(32-20-10-11-23-36(32)43)42(35)30-18-8-5-9-19-30/h4-26,43H,1-3H3. The molecule has 0 radical (unpaired) electrons. The van der Waals surface area contributed by atoms with Crippen LogP contribution in [-0.2, 0) is 0 Å². The minimum absolute atomic E-state index is 0.200. The lowest BCUT2D eigenvalue weighted by atomic mass is 9.99. The molecule has 214 valence electrons. The minimum Gasteiger partial charge on any atom is -0.507 e. The van der Waals surface area contributed by atoms with Crippen molar-refractivity contribution in [3.63, 3.8) is 0 Å². The van der Waals surface area contributed by atoms with E-state index in [1.54, 1.807) is 6.07 Å². The molecule has 2 heterocycles. The number of para-hydroxylation sites is 3. The Morgan fingerprint density at radius 3 is 1.98 bits per heavy atom. The Balaban J connectivity index is 1.40. The molecule has 2 aromatic heterocycles. The van der Waals surface area contributed by atoms with Gasteiger partial charge in [0.15, 0.2) is 0 Å². The molecule has 1 N–H and O–H groups in total. The summed E-state index contributed by atoms with van der Waals surface area (Å²) in [7, 11) is -1.63. The van der Waals surface area contributed by atoms with Gasteiger partial charge in [0, 0.05) is 23.0 Å². The average molecular weight is 588 g/mol. The van der Waals surface area contributed by atoms with E-state index >= 15 is 0 Å². The smallest absolute Gasteiger partial charge is 0.149 e. The van der Waals surface area contributed by atoms with E-state index in [0.717, 1.165) is 39.1 Å². The van der Waals surface area contributed by atoms with Crippen molar-refractivity contribution in [1.82, 2.24) is 14.5 Å². The molecule has 0 saturated carbocycles. The summed E-state index contributed by atoms with van der Waals surface area (Å²) in [6.45, 7) is 7.11. The molecule has 0 spiro atoms. The van der Waals surface area contributed by atoms with Gasteiger partial charge in [-0.05, 0) is 64.3 Å². The third-order valence-electron chi connectivity index (χ3n) is 8.11. The van der Waals surface area contributed by atoms with Crippen molar-refractivity contribution in [3.05, 3.63) is 140 Å². The molecule has 7 aromatic rings. The molecule has 0 aliphatic heterocycles. The zero-order valence-electron chi connectivity index (χ0n) is 25.1. The van der Waals surface area contributed by atoms with E-state index in [2.05, 4.69) is 121 Å². The van der Waals surface area contributed by atoms with Crippen molar-refractivity contribution in [2.45, 2.75) is 19.6 Å². The molecule has 0 amide bonds. The van der Waals surface area contributed by atoms with Crippen LogP contribution in [0.5, 0.6) is 5.75 Å². The van der Waals surface area contributed by atoms with Crippen LogP contribution < -0.4 is 5.19 Å². The molecule has 0 bridgehead atoms.